The van der Waals surface area contributed by atoms with E-state index < -0.39 is 0 Å². The molecule has 1 aromatic rings. The van der Waals surface area contributed by atoms with Crippen LogP contribution < -0.4 is 10.1 Å². The molecular weight excluding hydrogens is 238 g/mol. The molecule has 0 fully saturated rings. The van der Waals surface area contributed by atoms with Crippen molar-refractivity contribution in [2.75, 3.05) is 26.9 Å². The largest absolute Gasteiger partial charge is 0.491 e. The van der Waals surface area contributed by atoms with Crippen LogP contribution in [0.2, 0.25) is 0 Å². The molecule has 0 aliphatic carbocycles. The summed E-state index contributed by atoms with van der Waals surface area (Å²) in [5.74, 6) is 1.67. The third-order valence-electron chi connectivity index (χ3n) is 2.94. The Morgan fingerprint density at radius 2 is 1.74 bits per heavy atom. The summed E-state index contributed by atoms with van der Waals surface area (Å²) in [6.07, 6.45) is 0. The molecule has 0 spiro atoms. The summed E-state index contributed by atoms with van der Waals surface area (Å²) >= 11 is 0. The van der Waals surface area contributed by atoms with Crippen LogP contribution >= 0.6 is 0 Å². The van der Waals surface area contributed by atoms with Crippen molar-refractivity contribution in [3.05, 3.63) is 28.8 Å². The lowest BCUT2D eigenvalue weighted by atomic mass is 10.1. The Kier molecular flexibility index (Phi) is 6.89. The number of benzene rings is 1. The molecule has 0 amide bonds. The van der Waals surface area contributed by atoms with E-state index in [1.807, 2.05) is 0 Å². The normalized spacial score (nSPS) is 11.1. The molecule has 1 aromatic carbocycles. The molecular formula is C16H27NO2. The predicted molar refractivity (Wildman–Crippen MR) is 79.8 cm³/mol. The van der Waals surface area contributed by atoms with E-state index in [0.717, 1.165) is 18.8 Å². The van der Waals surface area contributed by atoms with Crippen molar-refractivity contribution < 1.29 is 9.47 Å². The van der Waals surface area contributed by atoms with Crippen molar-refractivity contribution in [3.8, 4) is 5.75 Å². The van der Waals surface area contributed by atoms with Crippen LogP contribution in [0.4, 0.5) is 0 Å². The van der Waals surface area contributed by atoms with E-state index in [4.69, 9.17) is 9.47 Å². The smallest absolute Gasteiger partial charge is 0.125 e. The zero-order valence-electron chi connectivity index (χ0n) is 12.9. The number of hydrogen-bond donors (Lipinski definition) is 1. The predicted octanol–water partition coefficient (Wildman–Crippen LogP) is 3.07. The highest BCUT2D eigenvalue weighted by Gasteiger charge is 2.06. The van der Waals surface area contributed by atoms with Crippen LogP contribution in [0.1, 0.15) is 30.5 Å². The minimum atomic E-state index is 0.600. The topological polar surface area (TPSA) is 30.5 Å². The summed E-state index contributed by atoms with van der Waals surface area (Å²) in [4.78, 5) is 0. The Hall–Kier alpha value is -1.06. The molecule has 0 heterocycles. The first-order valence-electron chi connectivity index (χ1n) is 6.97. The van der Waals surface area contributed by atoms with Crippen LogP contribution in [-0.4, -0.2) is 26.9 Å². The molecule has 0 saturated carbocycles. The van der Waals surface area contributed by atoms with Gasteiger partial charge in [0.15, 0.2) is 0 Å². The average molecular weight is 265 g/mol. The second-order valence-corrected chi connectivity index (χ2v) is 5.42. The summed E-state index contributed by atoms with van der Waals surface area (Å²) < 4.78 is 10.8. The molecule has 108 valence electrons. The molecule has 1 N–H and O–H groups in total. The molecule has 0 aliphatic heterocycles. The highest BCUT2D eigenvalue weighted by molar-refractivity contribution is 5.43. The van der Waals surface area contributed by atoms with Gasteiger partial charge in [-0.3, -0.25) is 0 Å². The van der Waals surface area contributed by atoms with E-state index in [-0.39, 0.29) is 0 Å². The summed E-state index contributed by atoms with van der Waals surface area (Å²) in [7, 11) is 1.69. The molecule has 0 aliphatic rings. The maximum Gasteiger partial charge on any atom is 0.125 e. The maximum absolute atomic E-state index is 5.76. The lowest BCUT2D eigenvalue weighted by Crippen LogP contribution is -2.19. The molecule has 1 rings (SSSR count). The SMILES string of the molecule is COCCOc1c(C)cc(CNCC(C)C)cc1C. The number of methoxy groups -OCH3 is 1. The van der Waals surface area contributed by atoms with Crippen LogP contribution in [0.5, 0.6) is 5.75 Å². The number of aryl methyl sites for hydroxylation is 2. The van der Waals surface area contributed by atoms with Crippen LogP contribution in [0.3, 0.4) is 0 Å². The van der Waals surface area contributed by atoms with Crippen molar-refractivity contribution in [2.45, 2.75) is 34.2 Å². The average Bonchev–Trinajstić information content (AvgIpc) is 2.32. The Labute approximate surface area is 117 Å². The van der Waals surface area contributed by atoms with Gasteiger partial charge in [-0.25, -0.2) is 0 Å². The minimum absolute atomic E-state index is 0.600. The van der Waals surface area contributed by atoms with Crippen LogP contribution in [0.15, 0.2) is 12.1 Å². The quantitative estimate of drug-likeness (QED) is 0.733. The first-order valence-corrected chi connectivity index (χ1v) is 6.97. The van der Waals surface area contributed by atoms with Gasteiger partial charge in [0.05, 0.1) is 6.61 Å². The monoisotopic (exact) mass is 265 g/mol. The van der Waals surface area contributed by atoms with Gasteiger partial charge in [-0.05, 0) is 43.0 Å². The Morgan fingerprint density at radius 3 is 2.26 bits per heavy atom. The fraction of sp³-hybridized carbons (Fsp3) is 0.625. The third-order valence-corrected chi connectivity index (χ3v) is 2.94. The van der Waals surface area contributed by atoms with Gasteiger partial charge in [0.1, 0.15) is 12.4 Å². The number of ether oxygens (including phenoxy) is 2. The second-order valence-electron chi connectivity index (χ2n) is 5.42. The molecule has 0 radical (unpaired) electrons. The summed E-state index contributed by atoms with van der Waals surface area (Å²) in [5.41, 5.74) is 3.70. The van der Waals surface area contributed by atoms with Crippen molar-refractivity contribution >= 4 is 0 Å². The Morgan fingerprint density at radius 1 is 1.11 bits per heavy atom. The molecule has 0 atom stereocenters. The van der Waals surface area contributed by atoms with E-state index in [9.17, 15) is 0 Å². The third kappa shape index (κ3) is 5.62. The van der Waals surface area contributed by atoms with E-state index in [1.54, 1.807) is 7.11 Å². The molecule has 0 saturated heterocycles. The summed E-state index contributed by atoms with van der Waals surface area (Å²) in [6.45, 7) is 11.8. The van der Waals surface area contributed by atoms with Gasteiger partial charge in [-0.2, -0.15) is 0 Å². The van der Waals surface area contributed by atoms with E-state index in [2.05, 4.69) is 45.1 Å². The zero-order chi connectivity index (χ0) is 14.3. The summed E-state index contributed by atoms with van der Waals surface area (Å²) in [5, 5.41) is 3.47. The zero-order valence-corrected chi connectivity index (χ0v) is 12.9. The molecule has 0 aromatic heterocycles. The fourth-order valence-corrected chi connectivity index (χ4v) is 2.10. The maximum atomic E-state index is 5.76. The molecule has 0 unspecified atom stereocenters. The van der Waals surface area contributed by atoms with Crippen molar-refractivity contribution in [2.24, 2.45) is 5.92 Å². The van der Waals surface area contributed by atoms with Gasteiger partial charge >= 0.3 is 0 Å². The van der Waals surface area contributed by atoms with Gasteiger partial charge < -0.3 is 14.8 Å². The molecule has 3 heteroatoms. The lowest BCUT2D eigenvalue weighted by Gasteiger charge is -2.14. The highest BCUT2D eigenvalue weighted by atomic mass is 16.5. The minimum Gasteiger partial charge on any atom is -0.491 e. The van der Waals surface area contributed by atoms with Crippen molar-refractivity contribution in [3.63, 3.8) is 0 Å². The summed E-state index contributed by atoms with van der Waals surface area (Å²) in [6, 6.07) is 4.39. The van der Waals surface area contributed by atoms with Crippen molar-refractivity contribution in [1.29, 1.82) is 0 Å². The second kappa shape index (κ2) is 8.18. The standard InChI is InChI=1S/C16H27NO2/c1-12(2)10-17-11-15-8-13(3)16(14(4)9-15)19-7-6-18-5/h8-9,12,17H,6-7,10-11H2,1-5H3. The van der Waals surface area contributed by atoms with E-state index in [0.29, 0.717) is 19.1 Å². The van der Waals surface area contributed by atoms with Gasteiger partial charge in [-0.15, -0.1) is 0 Å². The van der Waals surface area contributed by atoms with Crippen LogP contribution in [0.25, 0.3) is 0 Å². The highest BCUT2D eigenvalue weighted by Crippen LogP contribution is 2.24. The number of hydrogen-bond acceptors (Lipinski definition) is 3. The van der Waals surface area contributed by atoms with E-state index in [1.165, 1.54) is 16.7 Å². The Bertz CT molecular complexity index is 365. The van der Waals surface area contributed by atoms with Gasteiger partial charge in [-0.1, -0.05) is 26.0 Å². The van der Waals surface area contributed by atoms with Gasteiger partial charge in [0.25, 0.3) is 0 Å². The number of rotatable bonds is 8. The fourth-order valence-electron chi connectivity index (χ4n) is 2.10. The molecule has 19 heavy (non-hydrogen) atoms. The Balaban J connectivity index is 2.62. The van der Waals surface area contributed by atoms with Crippen LogP contribution in [0, 0.1) is 19.8 Å². The van der Waals surface area contributed by atoms with Gasteiger partial charge in [0.2, 0.25) is 0 Å². The molecule has 0 bridgehead atoms. The van der Waals surface area contributed by atoms with Crippen molar-refractivity contribution in [1.82, 2.24) is 5.32 Å². The first kappa shape index (κ1) is 16.0. The lowest BCUT2D eigenvalue weighted by molar-refractivity contribution is 0.145. The van der Waals surface area contributed by atoms with E-state index >= 15 is 0 Å². The van der Waals surface area contributed by atoms with Crippen LogP contribution in [-0.2, 0) is 11.3 Å². The molecule has 3 nitrogen and oxygen atoms in total. The first-order chi connectivity index (χ1) is 9.04. The number of nitrogens with one attached hydrogen (secondary N) is 1. The van der Waals surface area contributed by atoms with Gasteiger partial charge in [0, 0.05) is 13.7 Å².